The van der Waals surface area contributed by atoms with Gasteiger partial charge in [0.1, 0.15) is 0 Å². The van der Waals surface area contributed by atoms with Gasteiger partial charge < -0.3 is 4.98 Å². The molecule has 0 saturated heterocycles. The molecule has 0 fully saturated rings. The molecule has 3 heteroatoms. The van der Waals surface area contributed by atoms with E-state index in [0.29, 0.717) is 6.04 Å². The summed E-state index contributed by atoms with van der Waals surface area (Å²) in [6, 6.07) is 9.08. The highest BCUT2D eigenvalue weighted by Crippen LogP contribution is 2.42. The molecule has 2 aromatic rings. The Balaban J connectivity index is 2.10. The summed E-state index contributed by atoms with van der Waals surface area (Å²) in [4.78, 5) is 5.61. The highest BCUT2D eigenvalue weighted by molar-refractivity contribution is 6.00. The number of aromatic amines is 1. The molecule has 0 radical (unpaired) electrons. The third-order valence-corrected chi connectivity index (χ3v) is 4.22. The molecule has 1 aliphatic carbocycles. The van der Waals surface area contributed by atoms with Gasteiger partial charge >= 0.3 is 0 Å². The number of nitriles is 1. The second kappa shape index (κ2) is 3.24. The fourth-order valence-electron chi connectivity index (χ4n) is 3.41. The highest BCUT2D eigenvalue weighted by atomic mass is 15.1. The second-order valence-electron chi connectivity index (χ2n) is 5.18. The van der Waals surface area contributed by atoms with E-state index >= 15 is 0 Å². The molecule has 1 aromatic carbocycles. The van der Waals surface area contributed by atoms with Crippen LogP contribution in [0.3, 0.4) is 0 Å². The first-order valence-electron chi connectivity index (χ1n) is 6.22. The minimum Gasteiger partial charge on any atom is -0.361 e. The van der Waals surface area contributed by atoms with Gasteiger partial charge in [0.2, 0.25) is 0 Å². The molecule has 88 valence electrons. The lowest BCUT2D eigenvalue weighted by atomic mass is 9.84. The molecule has 3 nitrogen and oxygen atoms in total. The summed E-state index contributed by atoms with van der Waals surface area (Å²) < 4.78 is 0. The van der Waals surface area contributed by atoms with Gasteiger partial charge in [-0.25, -0.2) is 0 Å². The largest absolute Gasteiger partial charge is 0.361 e. The number of rotatable bonds is 0. The number of aromatic nitrogens is 1. The lowest BCUT2D eigenvalue weighted by Gasteiger charge is -2.27. The van der Waals surface area contributed by atoms with Gasteiger partial charge in [-0.1, -0.05) is 12.1 Å². The number of likely N-dealkylation sites (N-methyl/N-ethyl adjacent to an activating group) is 1. The summed E-state index contributed by atoms with van der Waals surface area (Å²) in [5.74, 6) is 0. The van der Waals surface area contributed by atoms with Crippen LogP contribution in [0.2, 0.25) is 0 Å². The standard InChI is InChI=1S/C15H13N3/c1-18-8-10(6-16)15-11-3-2-4-12-14(11)9(7-17-12)5-13(15)18/h2-4,7,13,17H,5,8H2,1H3. The van der Waals surface area contributed by atoms with Crippen LogP contribution in [-0.2, 0) is 6.42 Å². The molecule has 0 amide bonds. The Hall–Kier alpha value is -2.05. The molecule has 1 aliphatic heterocycles. The average Bonchev–Trinajstić information content (AvgIpc) is 2.94. The van der Waals surface area contributed by atoms with Gasteiger partial charge in [0, 0.05) is 35.3 Å². The molecule has 2 aliphatic rings. The maximum Gasteiger partial charge on any atom is 0.0964 e. The Bertz CT molecular complexity index is 730. The number of hydrogen-bond acceptors (Lipinski definition) is 2. The van der Waals surface area contributed by atoms with Crippen LogP contribution < -0.4 is 0 Å². The van der Waals surface area contributed by atoms with Crippen molar-refractivity contribution < 1.29 is 0 Å². The monoisotopic (exact) mass is 235 g/mol. The zero-order chi connectivity index (χ0) is 12.3. The van der Waals surface area contributed by atoms with Gasteiger partial charge in [0.25, 0.3) is 0 Å². The smallest absolute Gasteiger partial charge is 0.0964 e. The first kappa shape index (κ1) is 9.93. The zero-order valence-electron chi connectivity index (χ0n) is 10.2. The normalized spacial score (nSPS) is 22.3. The lowest BCUT2D eigenvalue weighted by molar-refractivity contribution is 0.335. The van der Waals surface area contributed by atoms with E-state index in [1.54, 1.807) is 0 Å². The van der Waals surface area contributed by atoms with Gasteiger partial charge in [-0.15, -0.1) is 0 Å². The van der Waals surface area contributed by atoms with E-state index in [9.17, 15) is 5.26 Å². The average molecular weight is 235 g/mol. The van der Waals surface area contributed by atoms with Crippen molar-refractivity contribution >= 4 is 16.5 Å². The van der Waals surface area contributed by atoms with Crippen LogP contribution in [0.25, 0.3) is 16.5 Å². The van der Waals surface area contributed by atoms with Crippen LogP contribution in [-0.4, -0.2) is 29.5 Å². The third kappa shape index (κ3) is 1.06. The van der Waals surface area contributed by atoms with Crippen LogP contribution in [0, 0.1) is 11.3 Å². The molecule has 18 heavy (non-hydrogen) atoms. The van der Waals surface area contributed by atoms with Gasteiger partial charge in [0.05, 0.1) is 6.07 Å². The number of hydrogen-bond donors (Lipinski definition) is 1. The summed E-state index contributed by atoms with van der Waals surface area (Å²) in [7, 11) is 2.10. The topological polar surface area (TPSA) is 42.8 Å². The van der Waals surface area contributed by atoms with Crippen molar-refractivity contribution in [3.63, 3.8) is 0 Å². The van der Waals surface area contributed by atoms with Gasteiger partial charge in [-0.05, 0) is 36.2 Å². The van der Waals surface area contributed by atoms with Gasteiger partial charge in [-0.3, -0.25) is 4.90 Å². The number of fused-ring (bicyclic) bond motifs is 2. The molecule has 2 heterocycles. The van der Waals surface area contributed by atoms with E-state index in [1.165, 1.54) is 27.6 Å². The summed E-state index contributed by atoms with van der Waals surface area (Å²) in [6.45, 7) is 0.779. The lowest BCUT2D eigenvalue weighted by Crippen LogP contribution is -2.31. The SMILES string of the molecule is CN1CC(C#N)=C2c3cccc4[nH]cc(c34)CC21. The van der Waals surface area contributed by atoms with Crippen molar-refractivity contribution in [2.45, 2.75) is 12.5 Å². The second-order valence-corrected chi connectivity index (χ2v) is 5.18. The maximum atomic E-state index is 9.33. The van der Waals surface area contributed by atoms with Crippen molar-refractivity contribution in [2.24, 2.45) is 0 Å². The fourth-order valence-corrected chi connectivity index (χ4v) is 3.41. The van der Waals surface area contributed by atoms with Crippen LogP contribution >= 0.6 is 0 Å². The molecular weight excluding hydrogens is 222 g/mol. The maximum absolute atomic E-state index is 9.33. The summed E-state index contributed by atoms with van der Waals surface area (Å²) in [5.41, 5.74) is 5.99. The predicted molar refractivity (Wildman–Crippen MR) is 71.0 cm³/mol. The van der Waals surface area contributed by atoms with E-state index in [0.717, 1.165) is 18.5 Å². The highest BCUT2D eigenvalue weighted by Gasteiger charge is 2.36. The van der Waals surface area contributed by atoms with Gasteiger partial charge in [0.15, 0.2) is 0 Å². The van der Waals surface area contributed by atoms with Crippen LogP contribution in [0.1, 0.15) is 11.1 Å². The van der Waals surface area contributed by atoms with E-state index in [4.69, 9.17) is 0 Å². The number of benzene rings is 1. The minimum absolute atomic E-state index is 0.369. The van der Waals surface area contributed by atoms with Crippen molar-refractivity contribution in [2.75, 3.05) is 13.6 Å². The summed E-state index contributed by atoms with van der Waals surface area (Å²) in [5, 5.41) is 10.6. The van der Waals surface area contributed by atoms with Crippen molar-refractivity contribution in [1.29, 1.82) is 5.26 Å². The first-order valence-corrected chi connectivity index (χ1v) is 6.22. The van der Waals surface area contributed by atoms with Crippen molar-refractivity contribution in [3.05, 3.63) is 41.1 Å². The first-order chi connectivity index (χ1) is 8.79. The van der Waals surface area contributed by atoms with E-state index < -0.39 is 0 Å². The fraction of sp³-hybridized carbons (Fsp3) is 0.267. The number of nitrogens with one attached hydrogen (secondary N) is 1. The minimum atomic E-state index is 0.369. The van der Waals surface area contributed by atoms with Crippen molar-refractivity contribution in [3.8, 4) is 6.07 Å². The molecule has 0 spiro atoms. The third-order valence-electron chi connectivity index (χ3n) is 4.22. The molecule has 0 saturated carbocycles. The molecule has 1 atom stereocenters. The van der Waals surface area contributed by atoms with E-state index in [-0.39, 0.29) is 0 Å². The predicted octanol–water partition coefficient (Wildman–Crippen LogP) is 2.32. The number of H-pyrrole nitrogens is 1. The zero-order valence-corrected chi connectivity index (χ0v) is 10.2. The van der Waals surface area contributed by atoms with Crippen LogP contribution in [0.4, 0.5) is 0 Å². The molecule has 0 bridgehead atoms. The summed E-state index contributed by atoms with van der Waals surface area (Å²) >= 11 is 0. The van der Waals surface area contributed by atoms with Crippen LogP contribution in [0.5, 0.6) is 0 Å². The Kier molecular flexibility index (Phi) is 1.79. The van der Waals surface area contributed by atoms with Crippen molar-refractivity contribution in [1.82, 2.24) is 9.88 Å². The molecule has 1 aromatic heterocycles. The molecule has 1 N–H and O–H groups in total. The van der Waals surface area contributed by atoms with Gasteiger partial charge in [-0.2, -0.15) is 5.26 Å². The quantitative estimate of drug-likeness (QED) is 0.761. The van der Waals surface area contributed by atoms with Crippen LogP contribution in [0.15, 0.2) is 30.0 Å². The van der Waals surface area contributed by atoms with E-state index in [1.807, 2.05) is 0 Å². The Labute approximate surface area is 105 Å². The Morgan fingerprint density at radius 3 is 3.17 bits per heavy atom. The Morgan fingerprint density at radius 2 is 2.33 bits per heavy atom. The molecular formula is C15H13N3. The molecule has 1 unspecified atom stereocenters. The molecule has 4 rings (SSSR count). The Morgan fingerprint density at radius 1 is 1.44 bits per heavy atom. The van der Waals surface area contributed by atoms with E-state index in [2.05, 4.69) is 47.4 Å². The summed E-state index contributed by atoms with van der Waals surface area (Å²) in [6.07, 6.45) is 3.12. The number of nitrogens with zero attached hydrogens (tertiary/aromatic N) is 2.